The molecule has 3 nitrogen and oxygen atoms in total. The fraction of sp³-hybridized carbons (Fsp3) is 0. The van der Waals surface area contributed by atoms with Crippen LogP contribution in [0.2, 0.25) is 0 Å². The summed E-state index contributed by atoms with van der Waals surface area (Å²) in [6.07, 6.45) is 0. The van der Waals surface area contributed by atoms with E-state index >= 15 is 0 Å². The van der Waals surface area contributed by atoms with Crippen LogP contribution in [0.1, 0.15) is 0 Å². The van der Waals surface area contributed by atoms with Crippen LogP contribution in [0.15, 0.2) is 0 Å². The van der Waals surface area contributed by atoms with Gasteiger partial charge in [-0.05, 0) is 0 Å². The second-order valence-corrected chi connectivity index (χ2v) is 0. The van der Waals surface area contributed by atoms with Crippen molar-refractivity contribution in [2.45, 2.75) is 0 Å². The average Bonchev–Trinajstić information content (AvgIpc) is 1.81. The summed E-state index contributed by atoms with van der Waals surface area (Å²) < 4.78 is 0. The summed E-state index contributed by atoms with van der Waals surface area (Å²) in [5, 5.41) is 0. The minimum Gasteiger partial charge on any atom is 2.00 e. The molecule has 0 aromatic carbocycles. The second-order valence-electron chi connectivity index (χ2n) is 0. The van der Waals surface area contributed by atoms with Crippen LogP contribution >= 0.6 is 31.4 Å². The van der Waals surface area contributed by atoms with Crippen molar-refractivity contribution in [3.8, 4) is 0 Å². The molecule has 0 saturated heterocycles. The quantitative estimate of drug-likeness (QED) is 0.363. The van der Waals surface area contributed by atoms with Gasteiger partial charge in [-0.15, -0.1) is 0 Å². The Hall–Kier alpha value is 3.39. The number of rotatable bonds is 0. The third-order valence-electron chi connectivity index (χ3n) is 0. The molecule has 0 aromatic rings. The summed E-state index contributed by atoms with van der Waals surface area (Å²) >= 11 is 3.81. The number of hydrogen-bond donors (Lipinski definition) is 0. The molecule has 0 rings (SSSR count). The van der Waals surface area contributed by atoms with Gasteiger partial charge in [-0.2, -0.15) is 0 Å². The second kappa shape index (κ2) is 179. The molecule has 0 amide bonds. The molecule has 0 atom stereocenters. The third-order valence-corrected chi connectivity index (χ3v) is 0. The molecular formula is H6Ge3LiO3S3Zn. The summed E-state index contributed by atoms with van der Waals surface area (Å²) in [4.78, 5) is 0. The van der Waals surface area contributed by atoms with Gasteiger partial charge in [0.25, 0.3) is 0 Å². The summed E-state index contributed by atoms with van der Waals surface area (Å²) in [6.45, 7) is 0. The van der Waals surface area contributed by atoms with E-state index in [0.29, 0.717) is 0 Å². The normalized spacial score (nSPS) is 1.09. The number of hydrogen-bond acceptors (Lipinski definition) is 6. The molecular weight excluding hydrogens is 434 g/mol. The zero-order chi connectivity index (χ0) is 6.00. The molecule has 0 aliphatic carbocycles. The largest absolute Gasteiger partial charge is 2.00 e. The third kappa shape index (κ3) is 151. The monoisotopic (exact) mass is 443 g/mol. The molecule has 11 heavy (non-hydrogen) atoms. The van der Waals surface area contributed by atoms with Gasteiger partial charge in [0.05, 0.1) is 0 Å². The molecule has 57 valence electrons. The molecule has 0 spiro atoms. The van der Waals surface area contributed by atoms with Gasteiger partial charge in [-0.25, -0.2) is 0 Å². The molecule has 0 aliphatic heterocycles. The molecule has 0 saturated carbocycles. The Kier molecular flexibility index (Phi) is 1030. The predicted octanol–water partition coefficient (Wildman–Crippen LogP) is -3.53. The Bertz CT molecular complexity index is 28.5. The van der Waals surface area contributed by atoms with Gasteiger partial charge in [0.1, 0.15) is 0 Å². The van der Waals surface area contributed by atoms with Crippen molar-refractivity contribution in [3.63, 3.8) is 0 Å². The Morgan fingerprint density at radius 2 is 0.545 bits per heavy atom. The molecule has 3 radical (unpaired) electrons. The summed E-state index contributed by atoms with van der Waals surface area (Å²) in [5.74, 6) is 0. The maximum atomic E-state index is 4.15. The minimum absolute atomic E-state index is 0. The van der Waals surface area contributed by atoms with Crippen LogP contribution in [0, 0.1) is 0 Å². The van der Waals surface area contributed by atoms with E-state index in [1.165, 1.54) is 44.6 Å². The minimum atomic E-state index is 0. The van der Waals surface area contributed by atoms with E-state index in [0.717, 1.165) is 0 Å². The predicted molar refractivity (Wildman–Crippen MR) is 50.0 cm³/mol. The zero-order valence-corrected chi connectivity index (χ0v) is 18.7. The van der Waals surface area contributed by atoms with Crippen LogP contribution in [-0.2, 0) is 19.5 Å². The van der Waals surface area contributed by atoms with Crippen molar-refractivity contribution >= 4 is 75.9 Å². The van der Waals surface area contributed by atoms with Crippen molar-refractivity contribution in [2.24, 2.45) is 0 Å². The maximum absolute atomic E-state index is 4.15. The van der Waals surface area contributed by atoms with Gasteiger partial charge in [-0.1, -0.05) is 0 Å². The van der Waals surface area contributed by atoms with Gasteiger partial charge < -0.3 is 16.4 Å². The first-order valence-electron chi connectivity index (χ1n) is 0.707. The molecule has 0 bridgehead atoms. The molecule has 0 heterocycles. The van der Waals surface area contributed by atoms with E-state index in [2.05, 4.69) is 31.4 Å². The first-order chi connectivity index (χ1) is 3.00. The molecule has 0 unspecified atom stereocenters. The van der Waals surface area contributed by atoms with E-state index in [1.807, 2.05) is 0 Å². The molecule has 3 N–H and O–H groups in total. The molecule has 0 fully saturated rings. The van der Waals surface area contributed by atoms with Crippen molar-refractivity contribution in [2.75, 3.05) is 0 Å². The van der Waals surface area contributed by atoms with Crippen molar-refractivity contribution in [1.29, 1.82) is 0 Å². The van der Waals surface area contributed by atoms with Gasteiger partial charge in [-0.3, -0.25) is 0 Å². The van der Waals surface area contributed by atoms with Gasteiger partial charge >= 0.3 is 114 Å². The summed E-state index contributed by atoms with van der Waals surface area (Å²) in [5.41, 5.74) is 0. The van der Waals surface area contributed by atoms with Crippen molar-refractivity contribution < 1.29 is 54.8 Å². The van der Waals surface area contributed by atoms with E-state index in [1.54, 1.807) is 0 Å². The van der Waals surface area contributed by atoms with Crippen molar-refractivity contribution in [1.82, 2.24) is 0 Å². The van der Waals surface area contributed by atoms with E-state index < -0.39 is 0 Å². The van der Waals surface area contributed by atoms with Crippen LogP contribution < -0.4 is 18.9 Å². The fourth-order valence-electron chi connectivity index (χ4n) is 0. The maximum Gasteiger partial charge on any atom is 2.00 e. The standard InChI is InChI=1S/3GeHS.Li.3H2O.Zn/c3*1-2;;;;;/h3*1H;;3*1H2;/q;;;+1;;;;+2/p-3. The van der Waals surface area contributed by atoms with Crippen LogP contribution in [-0.4, -0.2) is 61.0 Å². The topological polar surface area (TPSA) is 90.0 Å². The SMILES string of the molecule is [Li+].[OH-].[OH-].[OH-].[S]=[GeH].[S]=[GeH].[S]=[GeH].[Zn+2]. The molecule has 11 heteroatoms. The Labute approximate surface area is 129 Å². The van der Waals surface area contributed by atoms with E-state index in [4.69, 9.17) is 0 Å². The Morgan fingerprint density at radius 3 is 0.545 bits per heavy atom. The first-order valence-corrected chi connectivity index (χ1v) is 11.0. The Balaban J connectivity index is -0.00000000167. The molecule has 0 aromatic heterocycles. The zero-order valence-electron chi connectivity index (χ0n) is 6.01. The summed E-state index contributed by atoms with van der Waals surface area (Å²) in [7, 11) is 12.4. The van der Waals surface area contributed by atoms with Crippen molar-refractivity contribution in [3.05, 3.63) is 0 Å². The Morgan fingerprint density at radius 1 is 0.545 bits per heavy atom. The fourth-order valence-corrected chi connectivity index (χ4v) is 0. The average molecular weight is 440 g/mol. The first kappa shape index (κ1) is 63.2. The van der Waals surface area contributed by atoms with Crippen LogP contribution in [0.25, 0.3) is 0 Å². The smallest absolute Gasteiger partial charge is 2.00 e. The van der Waals surface area contributed by atoms with Gasteiger partial charge in [0.15, 0.2) is 0 Å². The van der Waals surface area contributed by atoms with Crippen LogP contribution in [0.3, 0.4) is 0 Å². The van der Waals surface area contributed by atoms with Crippen LogP contribution in [0.5, 0.6) is 0 Å². The van der Waals surface area contributed by atoms with Crippen LogP contribution in [0.4, 0.5) is 0 Å². The molecule has 0 aliphatic rings. The van der Waals surface area contributed by atoms with Gasteiger partial charge in [0, 0.05) is 0 Å². The van der Waals surface area contributed by atoms with Gasteiger partial charge in [0.2, 0.25) is 0 Å². The summed E-state index contributed by atoms with van der Waals surface area (Å²) in [6, 6.07) is 0. The van der Waals surface area contributed by atoms with E-state index in [-0.39, 0.29) is 54.8 Å². The van der Waals surface area contributed by atoms with E-state index in [9.17, 15) is 0 Å².